The lowest BCUT2D eigenvalue weighted by molar-refractivity contribution is -0.116. The molecule has 1 amide bonds. The van der Waals surface area contributed by atoms with Gasteiger partial charge in [0.2, 0.25) is 5.91 Å². The van der Waals surface area contributed by atoms with E-state index in [1.54, 1.807) is 18.2 Å². The number of esters is 1. The molecule has 4 rings (SSSR count). The summed E-state index contributed by atoms with van der Waals surface area (Å²) >= 11 is 1.37. The zero-order valence-corrected chi connectivity index (χ0v) is 15.5. The van der Waals surface area contributed by atoms with Gasteiger partial charge in [-0.05, 0) is 54.1 Å². The summed E-state index contributed by atoms with van der Waals surface area (Å²) in [5.74, 6) is -0.761. The zero-order valence-electron chi connectivity index (χ0n) is 14.7. The van der Waals surface area contributed by atoms with E-state index in [1.807, 2.05) is 31.2 Å². The Kier molecular flexibility index (Phi) is 4.49. The minimum atomic E-state index is -0.479. The van der Waals surface area contributed by atoms with Crippen LogP contribution < -0.4 is 5.32 Å². The number of anilines is 1. The van der Waals surface area contributed by atoms with Gasteiger partial charge in [-0.1, -0.05) is 18.2 Å². The van der Waals surface area contributed by atoms with Gasteiger partial charge in [0.25, 0.3) is 0 Å². The molecular weight excluding hydrogens is 362 g/mol. The van der Waals surface area contributed by atoms with Crippen molar-refractivity contribution in [1.29, 1.82) is 0 Å². The maximum absolute atomic E-state index is 12.4. The third kappa shape index (κ3) is 3.36. The van der Waals surface area contributed by atoms with E-state index >= 15 is 0 Å². The highest BCUT2D eigenvalue weighted by atomic mass is 32.1. The minimum Gasteiger partial charge on any atom is -0.453 e. The van der Waals surface area contributed by atoms with Crippen LogP contribution in [0.2, 0.25) is 0 Å². The molecule has 0 saturated carbocycles. The number of hydrogen-bond acceptors (Lipinski definition) is 5. The van der Waals surface area contributed by atoms with Crippen molar-refractivity contribution in [3.8, 4) is 0 Å². The number of benzene rings is 2. The number of thiophene rings is 1. The van der Waals surface area contributed by atoms with E-state index in [0.717, 1.165) is 26.9 Å². The Morgan fingerprint density at radius 1 is 1.15 bits per heavy atom. The van der Waals surface area contributed by atoms with Crippen LogP contribution in [0.15, 0.2) is 42.5 Å². The van der Waals surface area contributed by atoms with Crippen LogP contribution in [0.4, 0.5) is 5.69 Å². The van der Waals surface area contributed by atoms with Crippen molar-refractivity contribution in [2.75, 3.05) is 11.9 Å². The van der Waals surface area contributed by atoms with Crippen molar-refractivity contribution in [1.82, 2.24) is 0 Å². The first-order valence-corrected chi connectivity index (χ1v) is 9.46. The maximum Gasteiger partial charge on any atom is 0.349 e. The lowest BCUT2D eigenvalue weighted by atomic mass is 9.99. The van der Waals surface area contributed by atoms with Gasteiger partial charge >= 0.3 is 5.97 Å². The van der Waals surface area contributed by atoms with Gasteiger partial charge in [-0.3, -0.25) is 9.59 Å². The van der Waals surface area contributed by atoms with Crippen molar-refractivity contribution in [3.05, 3.63) is 64.0 Å². The summed E-state index contributed by atoms with van der Waals surface area (Å²) in [6, 6.07) is 12.9. The number of rotatable bonds is 4. The summed E-state index contributed by atoms with van der Waals surface area (Å²) in [5.41, 5.74) is 3.01. The highest BCUT2D eigenvalue weighted by molar-refractivity contribution is 7.21. The molecule has 2 heterocycles. The van der Waals surface area contributed by atoms with E-state index in [2.05, 4.69) is 5.32 Å². The summed E-state index contributed by atoms with van der Waals surface area (Å²) in [6.45, 7) is 1.58. The van der Waals surface area contributed by atoms with Crippen molar-refractivity contribution in [2.45, 2.75) is 19.8 Å². The number of aryl methyl sites for hydroxylation is 2. The first-order chi connectivity index (χ1) is 13.0. The van der Waals surface area contributed by atoms with Gasteiger partial charge in [-0.25, -0.2) is 4.79 Å². The predicted molar refractivity (Wildman–Crippen MR) is 105 cm³/mol. The fourth-order valence-electron chi connectivity index (χ4n) is 3.21. The van der Waals surface area contributed by atoms with Crippen LogP contribution in [0, 0.1) is 6.92 Å². The van der Waals surface area contributed by atoms with Gasteiger partial charge in [0.15, 0.2) is 12.4 Å². The molecule has 0 radical (unpaired) electrons. The van der Waals surface area contributed by atoms with E-state index in [1.165, 1.54) is 11.3 Å². The zero-order chi connectivity index (χ0) is 19.0. The molecule has 0 saturated heterocycles. The van der Waals surface area contributed by atoms with E-state index in [9.17, 15) is 14.4 Å². The van der Waals surface area contributed by atoms with Crippen LogP contribution >= 0.6 is 11.3 Å². The molecule has 0 atom stereocenters. The lowest BCUT2D eigenvalue weighted by Gasteiger charge is -2.17. The smallest absolute Gasteiger partial charge is 0.349 e. The van der Waals surface area contributed by atoms with E-state index < -0.39 is 5.97 Å². The van der Waals surface area contributed by atoms with Gasteiger partial charge in [-0.2, -0.15) is 0 Å². The summed E-state index contributed by atoms with van der Waals surface area (Å²) in [6.07, 6.45) is 1.01. The molecular formula is C21H17NO4S. The summed E-state index contributed by atoms with van der Waals surface area (Å²) in [7, 11) is 0. The van der Waals surface area contributed by atoms with Crippen LogP contribution in [0.3, 0.4) is 0 Å². The number of amides is 1. The molecule has 1 N–H and O–H groups in total. The molecule has 0 fully saturated rings. The van der Waals surface area contributed by atoms with Crippen molar-refractivity contribution < 1.29 is 19.1 Å². The quantitative estimate of drug-likeness (QED) is 0.546. The third-order valence-electron chi connectivity index (χ3n) is 4.69. The summed E-state index contributed by atoms with van der Waals surface area (Å²) in [5, 5.41) is 3.81. The van der Waals surface area contributed by atoms with Gasteiger partial charge < -0.3 is 10.1 Å². The number of carbonyl (C=O) groups excluding carboxylic acids is 3. The Hall–Kier alpha value is -2.99. The number of carbonyl (C=O) groups is 3. The summed E-state index contributed by atoms with van der Waals surface area (Å²) < 4.78 is 6.29. The molecule has 0 aliphatic carbocycles. The second kappa shape index (κ2) is 6.96. The average molecular weight is 379 g/mol. The normalized spacial score (nSPS) is 13.1. The fraction of sp³-hybridized carbons (Fsp3) is 0.190. The van der Waals surface area contributed by atoms with E-state index in [0.29, 0.717) is 23.3 Å². The van der Waals surface area contributed by atoms with Crippen LogP contribution in [-0.4, -0.2) is 24.3 Å². The molecule has 0 bridgehead atoms. The molecule has 3 aromatic rings. The molecule has 1 aliphatic rings. The minimum absolute atomic E-state index is 0.0192. The second-order valence-electron chi connectivity index (χ2n) is 6.47. The first kappa shape index (κ1) is 17.4. The highest BCUT2D eigenvalue weighted by Gasteiger charge is 2.20. The average Bonchev–Trinajstić information content (AvgIpc) is 3.02. The number of fused-ring (bicyclic) bond motifs is 2. The Bertz CT molecular complexity index is 1080. The lowest BCUT2D eigenvalue weighted by Crippen LogP contribution is -2.20. The van der Waals surface area contributed by atoms with Crippen LogP contribution in [0.5, 0.6) is 0 Å². The molecule has 136 valence electrons. The Labute approximate surface area is 160 Å². The van der Waals surface area contributed by atoms with Crippen LogP contribution in [0.25, 0.3) is 10.1 Å². The predicted octanol–water partition coefficient (Wildman–Crippen LogP) is 4.13. The Morgan fingerprint density at radius 3 is 2.78 bits per heavy atom. The largest absolute Gasteiger partial charge is 0.453 e. The van der Waals surface area contributed by atoms with Gasteiger partial charge in [0.05, 0.1) is 0 Å². The number of ether oxygens (including phenoxy) is 1. The van der Waals surface area contributed by atoms with E-state index in [-0.39, 0.29) is 18.3 Å². The number of ketones is 1. The molecule has 0 unspecified atom stereocenters. The fourth-order valence-corrected chi connectivity index (χ4v) is 4.31. The monoisotopic (exact) mass is 379 g/mol. The van der Waals surface area contributed by atoms with Gasteiger partial charge in [0.1, 0.15) is 4.88 Å². The SMILES string of the molecule is Cc1c(C(=O)OCC(=O)c2ccc3c(c2)CCC(=O)N3)sc2ccccc12. The second-order valence-corrected chi connectivity index (χ2v) is 7.52. The number of Topliss-reactive ketones (excluding diaryl/α,β-unsaturated/α-hetero) is 1. The molecule has 0 spiro atoms. The van der Waals surface area contributed by atoms with Crippen LogP contribution in [-0.2, 0) is 16.0 Å². The van der Waals surface area contributed by atoms with Crippen molar-refractivity contribution in [2.24, 2.45) is 0 Å². The Morgan fingerprint density at radius 2 is 1.96 bits per heavy atom. The third-order valence-corrected chi connectivity index (χ3v) is 5.94. The van der Waals surface area contributed by atoms with Gasteiger partial charge in [0, 0.05) is 22.4 Å². The first-order valence-electron chi connectivity index (χ1n) is 8.64. The maximum atomic E-state index is 12.4. The van der Waals surface area contributed by atoms with Crippen molar-refractivity contribution in [3.63, 3.8) is 0 Å². The molecule has 1 aromatic heterocycles. The Balaban J connectivity index is 1.46. The topological polar surface area (TPSA) is 72.5 Å². The molecule has 2 aromatic carbocycles. The number of hydrogen-bond donors (Lipinski definition) is 1. The van der Waals surface area contributed by atoms with E-state index in [4.69, 9.17) is 4.74 Å². The molecule has 1 aliphatic heterocycles. The molecule has 27 heavy (non-hydrogen) atoms. The van der Waals surface area contributed by atoms with Crippen LogP contribution in [0.1, 0.15) is 37.6 Å². The standard InChI is InChI=1S/C21H17NO4S/c1-12-15-4-2-3-5-18(15)27-20(12)21(25)26-11-17(23)14-6-8-16-13(10-14)7-9-19(24)22-16/h2-6,8,10H,7,9,11H2,1H3,(H,22,24). The van der Waals surface area contributed by atoms with Gasteiger partial charge in [-0.15, -0.1) is 11.3 Å². The molecule has 6 heteroatoms. The number of nitrogens with one attached hydrogen (secondary N) is 1. The highest BCUT2D eigenvalue weighted by Crippen LogP contribution is 2.31. The van der Waals surface area contributed by atoms with Crippen molar-refractivity contribution >= 4 is 44.8 Å². The summed E-state index contributed by atoms with van der Waals surface area (Å²) in [4.78, 5) is 36.8. The molecule has 5 nitrogen and oxygen atoms in total.